The molecule has 0 aromatic carbocycles. The quantitative estimate of drug-likeness (QED) is 0.688. The Balaban J connectivity index is 2.41. The molecule has 0 atom stereocenters. The average molecular weight is 238 g/mol. The Kier molecular flexibility index (Phi) is 5.69. The number of hydrogen-bond donors (Lipinski definition) is 2. The van der Waals surface area contributed by atoms with Gasteiger partial charge in [-0.1, -0.05) is 13.8 Å². The first-order chi connectivity index (χ1) is 8.19. The zero-order valence-electron chi connectivity index (χ0n) is 10.9. The molecule has 0 radical (unpaired) electrons. The molecule has 0 aliphatic rings. The third-order valence-electron chi connectivity index (χ3n) is 2.50. The molecule has 0 spiro atoms. The van der Waals surface area contributed by atoms with Crippen LogP contribution < -0.4 is 10.6 Å². The third-order valence-corrected chi connectivity index (χ3v) is 2.50. The van der Waals surface area contributed by atoms with Crippen molar-refractivity contribution in [3.05, 3.63) is 17.5 Å². The first kappa shape index (κ1) is 13.7. The molecule has 1 rings (SSSR count). The maximum Gasteiger partial charge on any atom is 0.254 e. The molecule has 2 N–H and O–H groups in total. The van der Waals surface area contributed by atoms with E-state index >= 15 is 0 Å². The van der Waals surface area contributed by atoms with E-state index in [1.54, 1.807) is 10.9 Å². The first-order valence-corrected chi connectivity index (χ1v) is 6.20. The largest absolute Gasteiger partial charge is 0.351 e. The van der Waals surface area contributed by atoms with Crippen molar-refractivity contribution < 1.29 is 4.79 Å². The lowest BCUT2D eigenvalue weighted by Crippen LogP contribution is -2.32. The van der Waals surface area contributed by atoms with Crippen molar-refractivity contribution in [1.29, 1.82) is 0 Å². The van der Waals surface area contributed by atoms with E-state index in [2.05, 4.69) is 22.7 Å². The average Bonchev–Trinajstić information content (AvgIpc) is 2.70. The van der Waals surface area contributed by atoms with Gasteiger partial charge in [0.15, 0.2) is 0 Å². The minimum absolute atomic E-state index is 0.0340. The number of hydrogen-bond acceptors (Lipinski definition) is 3. The molecular formula is C12H22N4O. The summed E-state index contributed by atoms with van der Waals surface area (Å²) in [7, 11) is 1.83. The van der Waals surface area contributed by atoms with Gasteiger partial charge in [0.25, 0.3) is 5.91 Å². The fourth-order valence-corrected chi connectivity index (χ4v) is 1.65. The van der Waals surface area contributed by atoms with E-state index in [1.165, 1.54) is 0 Å². The lowest BCUT2D eigenvalue weighted by atomic mass is 10.2. The highest BCUT2D eigenvalue weighted by Gasteiger charge is 2.13. The highest BCUT2D eigenvalue weighted by atomic mass is 16.1. The van der Waals surface area contributed by atoms with E-state index in [0.29, 0.717) is 12.1 Å². The zero-order valence-corrected chi connectivity index (χ0v) is 10.9. The van der Waals surface area contributed by atoms with Crippen molar-refractivity contribution in [3.8, 4) is 0 Å². The Hall–Kier alpha value is -1.36. The predicted molar refractivity (Wildman–Crippen MR) is 68.1 cm³/mol. The summed E-state index contributed by atoms with van der Waals surface area (Å²) in [5.41, 5.74) is 1.54. The fourth-order valence-electron chi connectivity index (χ4n) is 1.65. The molecular weight excluding hydrogens is 216 g/mol. The first-order valence-electron chi connectivity index (χ1n) is 6.20. The van der Waals surface area contributed by atoms with Gasteiger partial charge in [0, 0.05) is 26.3 Å². The van der Waals surface area contributed by atoms with Crippen LogP contribution in [0.2, 0.25) is 0 Å². The molecule has 0 aliphatic heterocycles. The van der Waals surface area contributed by atoms with Crippen LogP contribution in [0.15, 0.2) is 6.20 Å². The Morgan fingerprint density at radius 1 is 1.35 bits per heavy atom. The van der Waals surface area contributed by atoms with Crippen molar-refractivity contribution in [2.45, 2.75) is 26.7 Å². The van der Waals surface area contributed by atoms with E-state index < -0.39 is 0 Å². The number of aryl methyl sites for hydroxylation is 2. The number of carbonyl (C=O) groups excluding carboxylic acids is 1. The number of nitrogens with zero attached hydrogens (tertiary/aromatic N) is 2. The number of carbonyl (C=O) groups is 1. The second-order valence-corrected chi connectivity index (χ2v) is 4.02. The van der Waals surface area contributed by atoms with Gasteiger partial charge in [0.2, 0.25) is 0 Å². The SMILES string of the molecule is CCCNCCNC(=O)c1cn(C)nc1CC. The number of aromatic nitrogens is 2. The van der Waals surface area contributed by atoms with Gasteiger partial charge in [-0.25, -0.2) is 0 Å². The molecule has 17 heavy (non-hydrogen) atoms. The Labute approximate surface area is 103 Å². The second-order valence-electron chi connectivity index (χ2n) is 4.02. The van der Waals surface area contributed by atoms with Gasteiger partial charge < -0.3 is 10.6 Å². The van der Waals surface area contributed by atoms with Gasteiger partial charge in [-0.05, 0) is 19.4 Å². The third kappa shape index (κ3) is 4.19. The van der Waals surface area contributed by atoms with Crippen molar-refractivity contribution >= 4 is 5.91 Å². The molecule has 1 heterocycles. The molecule has 0 unspecified atom stereocenters. The van der Waals surface area contributed by atoms with Crippen LogP contribution in [-0.2, 0) is 13.5 Å². The molecule has 5 heteroatoms. The zero-order chi connectivity index (χ0) is 12.7. The summed E-state index contributed by atoms with van der Waals surface area (Å²) in [6.07, 6.45) is 3.65. The summed E-state index contributed by atoms with van der Waals surface area (Å²) < 4.78 is 1.68. The molecule has 0 aliphatic carbocycles. The number of amides is 1. The van der Waals surface area contributed by atoms with Crippen LogP contribution in [0.25, 0.3) is 0 Å². The normalized spacial score (nSPS) is 10.5. The van der Waals surface area contributed by atoms with Crippen LogP contribution in [0.5, 0.6) is 0 Å². The van der Waals surface area contributed by atoms with E-state index in [-0.39, 0.29) is 5.91 Å². The minimum Gasteiger partial charge on any atom is -0.351 e. The van der Waals surface area contributed by atoms with Gasteiger partial charge in [-0.3, -0.25) is 9.48 Å². The molecule has 1 aromatic heterocycles. The molecule has 96 valence electrons. The standard InChI is InChI=1S/C12H22N4O/c1-4-6-13-7-8-14-12(17)10-9-16(3)15-11(10)5-2/h9,13H,4-8H2,1-3H3,(H,14,17). The molecule has 5 nitrogen and oxygen atoms in total. The molecule has 0 bridgehead atoms. The van der Waals surface area contributed by atoms with Crippen LogP contribution in [0.1, 0.15) is 36.3 Å². The fraction of sp³-hybridized carbons (Fsp3) is 0.667. The van der Waals surface area contributed by atoms with Crippen LogP contribution in [0, 0.1) is 0 Å². The maximum absolute atomic E-state index is 11.9. The Morgan fingerprint density at radius 2 is 2.12 bits per heavy atom. The van der Waals surface area contributed by atoms with Gasteiger partial charge in [-0.2, -0.15) is 5.10 Å². The predicted octanol–water partition coefficient (Wildman–Crippen LogP) is 0.712. The minimum atomic E-state index is -0.0340. The van der Waals surface area contributed by atoms with Gasteiger partial charge in [-0.15, -0.1) is 0 Å². The summed E-state index contributed by atoms with van der Waals surface area (Å²) in [5.74, 6) is -0.0340. The summed E-state index contributed by atoms with van der Waals surface area (Å²) in [6.45, 7) is 6.57. The Bertz CT molecular complexity index is 359. The monoisotopic (exact) mass is 238 g/mol. The topological polar surface area (TPSA) is 58.9 Å². The summed E-state index contributed by atoms with van der Waals surface area (Å²) in [5, 5.41) is 10.4. The van der Waals surface area contributed by atoms with Gasteiger partial charge in [0.05, 0.1) is 11.3 Å². The summed E-state index contributed by atoms with van der Waals surface area (Å²) in [4.78, 5) is 11.9. The van der Waals surface area contributed by atoms with Crippen LogP contribution in [-0.4, -0.2) is 35.3 Å². The van der Waals surface area contributed by atoms with Crippen molar-refractivity contribution in [3.63, 3.8) is 0 Å². The number of nitrogens with one attached hydrogen (secondary N) is 2. The second kappa shape index (κ2) is 7.06. The smallest absolute Gasteiger partial charge is 0.254 e. The molecule has 0 saturated carbocycles. The summed E-state index contributed by atoms with van der Waals surface area (Å²) in [6, 6.07) is 0. The highest BCUT2D eigenvalue weighted by molar-refractivity contribution is 5.95. The maximum atomic E-state index is 11.9. The van der Waals surface area contributed by atoms with Gasteiger partial charge >= 0.3 is 0 Å². The Morgan fingerprint density at radius 3 is 2.76 bits per heavy atom. The molecule has 1 aromatic rings. The molecule has 0 saturated heterocycles. The van der Waals surface area contributed by atoms with E-state index in [9.17, 15) is 4.79 Å². The summed E-state index contributed by atoms with van der Waals surface area (Å²) >= 11 is 0. The highest BCUT2D eigenvalue weighted by Crippen LogP contribution is 2.06. The molecule has 1 amide bonds. The van der Waals surface area contributed by atoms with Gasteiger partial charge in [0.1, 0.15) is 0 Å². The van der Waals surface area contributed by atoms with Crippen LogP contribution in [0.3, 0.4) is 0 Å². The van der Waals surface area contributed by atoms with Crippen molar-refractivity contribution in [2.75, 3.05) is 19.6 Å². The van der Waals surface area contributed by atoms with E-state index in [0.717, 1.165) is 31.6 Å². The molecule has 0 fully saturated rings. The number of rotatable bonds is 7. The lowest BCUT2D eigenvalue weighted by Gasteiger charge is -2.05. The lowest BCUT2D eigenvalue weighted by molar-refractivity contribution is 0.0953. The van der Waals surface area contributed by atoms with Crippen molar-refractivity contribution in [2.24, 2.45) is 7.05 Å². The van der Waals surface area contributed by atoms with E-state index in [4.69, 9.17) is 0 Å². The van der Waals surface area contributed by atoms with Crippen LogP contribution >= 0.6 is 0 Å². The van der Waals surface area contributed by atoms with Crippen LogP contribution in [0.4, 0.5) is 0 Å². The van der Waals surface area contributed by atoms with Crippen molar-refractivity contribution in [1.82, 2.24) is 20.4 Å². The van der Waals surface area contributed by atoms with E-state index in [1.807, 2.05) is 14.0 Å².